The third-order valence-electron chi connectivity index (χ3n) is 3.89. The molecular weight excluding hydrogens is 366 g/mol. The highest BCUT2D eigenvalue weighted by molar-refractivity contribution is 5.89. The van der Waals surface area contributed by atoms with Gasteiger partial charge in [-0.1, -0.05) is 6.07 Å². The third kappa shape index (κ3) is 5.88. The molecule has 2 rings (SSSR count). The van der Waals surface area contributed by atoms with Crippen LogP contribution in [0.1, 0.15) is 22.8 Å². The van der Waals surface area contributed by atoms with E-state index < -0.39 is 24.1 Å². The quantitative estimate of drug-likeness (QED) is 0.460. The first kappa shape index (κ1) is 21.0. The van der Waals surface area contributed by atoms with Crippen LogP contribution in [-0.4, -0.2) is 48.0 Å². The molecule has 2 aromatic carbocycles. The molecule has 8 nitrogen and oxygen atoms in total. The molecule has 0 radical (unpaired) electrons. The molecule has 0 bridgehead atoms. The van der Waals surface area contributed by atoms with Crippen molar-refractivity contribution in [3.05, 3.63) is 53.6 Å². The van der Waals surface area contributed by atoms with Crippen molar-refractivity contribution in [2.45, 2.75) is 25.5 Å². The standard InChI is InChI=1S/C20H23NO7/c1-12(28-19(24)14-4-6-15(26-2)7-5-14)11-27-20(25)16(21)9-13-3-8-17(22)18(23)10-13/h3-8,10,12,16,22-23H,9,11,21H2,1-2H3/t12-,16+/m1/s1. The summed E-state index contributed by atoms with van der Waals surface area (Å²) < 4.78 is 15.3. The maximum atomic E-state index is 12.1. The zero-order valence-electron chi connectivity index (χ0n) is 15.6. The second-order valence-corrected chi connectivity index (χ2v) is 6.21. The predicted octanol–water partition coefficient (Wildman–Crippen LogP) is 1.76. The van der Waals surface area contributed by atoms with Crippen LogP contribution in [0.25, 0.3) is 0 Å². The van der Waals surface area contributed by atoms with Crippen LogP contribution in [0, 0.1) is 0 Å². The molecule has 0 heterocycles. The topological polar surface area (TPSA) is 128 Å². The summed E-state index contributed by atoms with van der Waals surface area (Å²) >= 11 is 0. The van der Waals surface area contributed by atoms with Crippen LogP contribution < -0.4 is 10.5 Å². The van der Waals surface area contributed by atoms with Crippen LogP contribution in [0.2, 0.25) is 0 Å². The van der Waals surface area contributed by atoms with E-state index in [1.165, 1.54) is 19.2 Å². The molecule has 0 unspecified atom stereocenters. The van der Waals surface area contributed by atoms with E-state index in [0.29, 0.717) is 16.9 Å². The molecule has 0 aliphatic carbocycles. The maximum absolute atomic E-state index is 12.1. The van der Waals surface area contributed by atoms with Crippen LogP contribution in [0.4, 0.5) is 0 Å². The molecule has 0 fully saturated rings. The number of nitrogens with two attached hydrogens (primary N) is 1. The summed E-state index contributed by atoms with van der Waals surface area (Å²) in [5, 5.41) is 18.8. The lowest BCUT2D eigenvalue weighted by atomic mass is 10.1. The SMILES string of the molecule is COc1ccc(C(=O)O[C@H](C)COC(=O)[C@@H](N)Cc2ccc(O)c(O)c2)cc1. The Morgan fingerprint density at radius 3 is 2.36 bits per heavy atom. The normalized spacial score (nSPS) is 12.7. The Morgan fingerprint density at radius 1 is 1.07 bits per heavy atom. The van der Waals surface area contributed by atoms with Crippen molar-refractivity contribution < 1.29 is 34.0 Å². The first-order chi connectivity index (χ1) is 13.3. The predicted molar refractivity (Wildman–Crippen MR) is 100 cm³/mol. The summed E-state index contributed by atoms with van der Waals surface area (Å²) in [6.45, 7) is 1.45. The summed E-state index contributed by atoms with van der Waals surface area (Å²) in [6.07, 6.45) is -0.546. The fourth-order valence-electron chi connectivity index (χ4n) is 2.35. The van der Waals surface area contributed by atoms with E-state index in [-0.39, 0.29) is 24.5 Å². The van der Waals surface area contributed by atoms with Gasteiger partial charge in [0.05, 0.1) is 12.7 Å². The lowest BCUT2D eigenvalue weighted by Crippen LogP contribution is -2.36. The van der Waals surface area contributed by atoms with Crippen LogP contribution in [0.15, 0.2) is 42.5 Å². The monoisotopic (exact) mass is 389 g/mol. The number of carbonyl (C=O) groups is 2. The van der Waals surface area contributed by atoms with Crippen LogP contribution in [0.5, 0.6) is 17.2 Å². The Balaban J connectivity index is 1.80. The Hall–Kier alpha value is -3.26. The van der Waals surface area contributed by atoms with Gasteiger partial charge < -0.3 is 30.2 Å². The molecular formula is C20H23NO7. The highest BCUT2D eigenvalue weighted by atomic mass is 16.6. The number of phenols is 2. The highest BCUT2D eigenvalue weighted by Crippen LogP contribution is 2.25. The first-order valence-corrected chi connectivity index (χ1v) is 8.58. The van der Waals surface area contributed by atoms with Gasteiger partial charge in [0, 0.05) is 0 Å². The number of methoxy groups -OCH3 is 1. The van der Waals surface area contributed by atoms with Crippen LogP contribution in [-0.2, 0) is 20.7 Å². The van der Waals surface area contributed by atoms with Gasteiger partial charge in [-0.25, -0.2) is 4.79 Å². The minimum Gasteiger partial charge on any atom is -0.504 e. The maximum Gasteiger partial charge on any atom is 0.338 e. The van der Waals surface area contributed by atoms with E-state index in [4.69, 9.17) is 19.9 Å². The van der Waals surface area contributed by atoms with Gasteiger partial charge in [-0.3, -0.25) is 4.79 Å². The number of hydrogen-bond donors (Lipinski definition) is 3. The summed E-state index contributed by atoms with van der Waals surface area (Å²) in [7, 11) is 1.53. The van der Waals surface area contributed by atoms with E-state index >= 15 is 0 Å². The van der Waals surface area contributed by atoms with Gasteiger partial charge in [0.1, 0.15) is 24.5 Å². The van der Waals surface area contributed by atoms with Gasteiger partial charge in [-0.2, -0.15) is 0 Å². The van der Waals surface area contributed by atoms with E-state index in [1.54, 1.807) is 37.3 Å². The second kappa shape index (κ2) is 9.61. The summed E-state index contributed by atoms with van der Waals surface area (Å²) in [5.41, 5.74) is 6.72. The Morgan fingerprint density at radius 2 is 1.75 bits per heavy atom. The van der Waals surface area contributed by atoms with Crippen LogP contribution >= 0.6 is 0 Å². The minimum atomic E-state index is -0.964. The lowest BCUT2D eigenvalue weighted by Gasteiger charge is -2.16. The van der Waals surface area contributed by atoms with Gasteiger partial charge >= 0.3 is 11.9 Å². The van der Waals surface area contributed by atoms with E-state index in [9.17, 15) is 19.8 Å². The molecule has 0 saturated heterocycles. The summed E-state index contributed by atoms with van der Waals surface area (Å²) in [5.74, 6) is -1.14. The second-order valence-electron chi connectivity index (χ2n) is 6.21. The highest BCUT2D eigenvalue weighted by Gasteiger charge is 2.19. The van der Waals surface area contributed by atoms with Gasteiger partial charge in [-0.05, 0) is 55.3 Å². The number of benzene rings is 2. The Kier molecular flexibility index (Phi) is 7.22. The van der Waals surface area contributed by atoms with Crippen molar-refractivity contribution in [1.29, 1.82) is 0 Å². The van der Waals surface area contributed by atoms with Crippen molar-refractivity contribution in [2.24, 2.45) is 5.73 Å². The number of aromatic hydroxyl groups is 2. The summed E-state index contributed by atoms with van der Waals surface area (Å²) in [6, 6.07) is 9.63. The number of rotatable bonds is 8. The molecule has 8 heteroatoms. The number of esters is 2. The fraction of sp³-hybridized carbons (Fsp3) is 0.300. The zero-order chi connectivity index (χ0) is 20.7. The minimum absolute atomic E-state index is 0.118. The van der Waals surface area contributed by atoms with Crippen molar-refractivity contribution in [3.63, 3.8) is 0 Å². The molecule has 2 atom stereocenters. The van der Waals surface area contributed by atoms with Crippen molar-refractivity contribution in [2.75, 3.05) is 13.7 Å². The van der Waals surface area contributed by atoms with Crippen molar-refractivity contribution in [1.82, 2.24) is 0 Å². The molecule has 28 heavy (non-hydrogen) atoms. The molecule has 0 aliphatic heterocycles. The number of hydrogen-bond acceptors (Lipinski definition) is 8. The van der Waals surface area contributed by atoms with Crippen LogP contribution in [0.3, 0.4) is 0 Å². The number of ether oxygens (including phenoxy) is 3. The molecule has 0 aliphatic rings. The van der Waals surface area contributed by atoms with E-state index in [2.05, 4.69) is 0 Å². The third-order valence-corrected chi connectivity index (χ3v) is 3.89. The number of phenolic OH excluding ortho intramolecular Hbond substituents is 2. The van der Waals surface area contributed by atoms with Crippen molar-refractivity contribution >= 4 is 11.9 Å². The fourth-order valence-corrected chi connectivity index (χ4v) is 2.35. The lowest BCUT2D eigenvalue weighted by molar-refractivity contribution is -0.148. The van der Waals surface area contributed by atoms with Gasteiger partial charge in [0.15, 0.2) is 11.5 Å². The smallest absolute Gasteiger partial charge is 0.338 e. The van der Waals surface area contributed by atoms with Gasteiger partial charge in [0.25, 0.3) is 0 Å². The largest absolute Gasteiger partial charge is 0.504 e. The first-order valence-electron chi connectivity index (χ1n) is 8.58. The Labute approximate surface area is 162 Å². The molecule has 150 valence electrons. The summed E-state index contributed by atoms with van der Waals surface area (Å²) in [4.78, 5) is 24.1. The Bertz CT molecular complexity index is 820. The van der Waals surface area contributed by atoms with E-state index in [0.717, 1.165) is 0 Å². The number of carbonyl (C=O) groups excluding carboxylic acids is 2. The van der Waals surface area contributed by atoms with Crippen molar-refractivity contribution in [3.8, 4) is 17.2 Å². The van der Waals surface area contributed by atoms with Gasteiger partial charge in [0.2, 0.25) is 0 Å². The molecule has 2 aromatic rings. The van der Waals surface area contributed by atoms with E-state index in [1.807, 2.05) is 0 Å². The molecule has 0 saturated carbocycles. The molecule has 0 spiro atoms. The average molecular weight is 389 g/mol. The van der Waals surface area contributed by atoms with Gasteiger partial charge in [-0.15, -0.1) is 0 Å². The molecule has 0 aromatic heterocycles. The zero-order valence-corrected chi connectivity index (χ0v) is 15.6. The molecule has 4 N–H and O–H groups in total. The average Bonchev–Trinajstić information content (AvgIpc) is 2.68. The molecule has 0 amide bonds.